The minimum Gasteiger partial charge on any atom is -0.480 e. The van der Waals surface area contributed by atoms with Crippen LogP contribution in [0.15, 0.2) is 0 Å². The molecule has 0 aromatic rings. The first-order chi connectivity index (χ1) is 13.2. The minimum atomic E-state index is -1.19. The quantitative estimate of drug-likeness (QED) is 0.134. The van der Waals surface area contributed by atoms with Gasteiger partial charge in [0.15, 0.2) is 0 Å². The number of carbonyl (C=O) groups is 4. The summed E-state index contributed by atoms with van der Waals surface area (Å²) >= 11 is 4.09. The standard InChI is InChI=1S/C17H33N5O5S/c1-3-10(2)14(19)17(27)22-12(9-28)16(26)21-11(6-4-5-7-18)15(25)20-8-13(23)24/h10-12,14,28H,3-9,18-19H2,1-2H3,(H,20,25)(H,21,26)(H,22,27)(H,23,24). The average Bonchev–Trinajstić information content (AvgIpc) is 2.67. The van der Waals surface area contributed by atoms with Crippen LogP contribution in [0, 0.1) is 5.92 Å². The van der Waals surface area contributed by atoms with Gasteiger partial charge in [-0.15, -0.1) is 0 Å². The Labute approximate surface area is 171 Å². The summed E-state index contributed by atoms with van der Waals surface area (Å²) in [5.74, 6) is -2.93. The van der Waals surface area contributed by atoms with Gasteiger partial charge in [0.05, 0.1) is 6.04 Å². The second-order valence-corrected chi connectivity index (χ2v) is 6.98. The third-order valence-electron chi connectivity index (χ3n) is 4.37. The van der Waals surface area contributed by atoms with Crippen molar-refractivity contribution in [1.82, 2.24) is 16.0 Å². The molecule has 0 radical (unpaired) electrons. The van der Waals surface area contributed by atoms with Crippen molar-refractivity contribution >= 4 is 36.3 Å². The van der Waals surface area contributed by atoms with Gasteiger partial charge in [-0.3, -0.25) is 19.2 Å². The largest absolute Gasteiger partial charge is 0.480 e. The number of thiol groups is 1. The van der Waals surface area contributed by atoms with Gasteiger partial charge in [-0.05, 0) is 31.7 Å². The number of carboxylic acid groups (broad SMARTS) is 1. The van der Waals surface area contributed by atoms with Crippen LogP contribution >= 0.6 is 12.6 Å². The molecule has 0 bridgehead atoms. The van der Waals surface area contributed by atoms with Gasteiger partial charge in [0, 0.05) is 5.75 Å². The number of amides is 3. The number of carbonyl (C=O) groups excluding carboxylic acids is 3. The van der Waals surface area contributed by atoms with Crippen molar-refractivity contribution in [2.45, 2.75) is 57.7 Å². The van der Waals surface area contributed by atoms with Crippen LogP contribution < -0.4 is 27.4 Å². The summed E-state index contributed by atoms with van der Waals surface area (Å²) in [6, 6.07) is -2.68. The Hall–Kier alpha value is -1.85. The van der Waals surface area contributed by atoms with E-state index >= 15 is 0 Å². The summed E-state index contributed by atoms with van der Waals surface area (Å²) in [6.45, 7) is 3.61. The van der Waals surface area contributed by atoms with E-state index < -0.39 is 48.4 Å². The second-order valence-electron chi connectivity index (χ2n) is 6.61. The zero-order valence-electron chi connectivity index (χ0n) is 16.4. The molecular weight excluding hydrogens is 386 g/mol. The molecule has 10 nitrogen and oxygen atoms in total. The molecule has 4 unspecified atom stereocenters. The molecule has 8 N–H and O–H groups in total. The Kier molecular flexibility index (Phi) is 13.3. The van der Waals surface area contributed by atoms with Crippen LogP contribution in [-0.4, -0.2) is 65.8 Å². The maximum atomic E-state index is 12.5. The molecule has 0 aromatic heterocycles. The lowest BCUT2D eigenvalue weighted by atomic mass is 9.99. The summed E-state index contributed by atoms with van der Waals surface area (Å²) in [5.41, 5.74) is 11.3. The van der Waals surface area contributed by atoms with E-state index in [9.17, 15) is 19.2 Å². The van der Waals surface area contributed by atoms with Gasteiger partial charge in [0.1, 0.15) is 18.6 Å². The predicted octanol–water partition coefficient (Wildman–Crippen LogP) is -1.41. The maximum absolute atomic E-state index is 12.5. The van der Waals surface area contributed by atoms with Crippen LogP contribution in [0.3, 0.4) is 0 Å². The molecule has 0 aliphatic heterocycles. The fourth-order valence-corrected chi connectivity index (χ4v) is 2.55. The molecule has 162 valence electrons. The molecule has 3 amide bonds. The third-order valence-corrected chi connectivity index (χ3v) is 4.73. The zero-order chi connectivity index (χ0) is 21.7. The van der Waals surface area contributed by atoms with Crippen molar-refractivity contribution in [1.29, 1.82) is 0 Å². The number of hydrogen-bond acceptors (Lipinski definition) is 7. The van der Waals surface area contributed by atoms with Gasteiger partial charge in [-0.1, -0.05) is 20.3 Å². The Balaban J connectivity index is 4.99. The fraction of sp³-hybridized carbons (Fsp3) is 0.765. The van der Waals surface area contributed by atoms with Crippen molar-refractivity contribution in [3.63, 3.8) is 0 Å². The molecule has 0 aliphatic carbocycles. The smallest absolute Gasteiger partial charge is 0.322 e. The normalized spacial score (nSPS) is 15.0. The maximum Gasteiger partial charge on any atom is 0.322 e. The van der Waals surface area contributed by atoms with Crippen molar-refractivity contribution in [2.24, 2.45) is 17.4 Å². The molecule has 0 aliphatic rings. The van der Waals surface area contributed by atoms with E-state index in [-0.39, 0.29) is 18.1 Å². The van der Waals surface area contributed by atoms with Gasteiger partial charge in [0.2, 0.25) is 17.7 Å². The Morgan fingerprint density at radius 2 is 1.64 bits per heavy atom. The minimum absolute atomic E-state index is 0.0110. The van der Waals surface area contributed by atoms with E-state index in [1.807, 2.05) is 13.8 Å². The van der Waals surface area contributed by atoms with Crippen LogP contribution in [0.5, 0.6) is 0 Å². The van der Waals surface area contributed by atoms with Crippen LogP contribution in [0.1, 0.15) is 39.5 Å². The van der Waals surface area contributed by atoms with Crippen molar-refractivity contribution in [3.8, 4) is 0 Å². The lowest BCUT2D eigenvalue weighted by molar-refractivity contribution is -0.138. The Bertz CT molecular complexity index is 534. The molecule has 0 fully saturated rings. The van der Waals surface area contributed by atoms with E-state index in [2.05, 4.69) is 28.6 Å². The lowest BCUT2D eigenvalue weighted by Gasteiger charge is -2.24. The molecule has 0 spiro atoms. The van der Waals surface area contributed by atoms with E-state index in [0.29, 0.717) is 25.8 Å². The summed E-state index contributed by atoms with van der Waals surface area (Å²) in [6.07, 6.45) is 2.21. The monoisotopic (exact) mass is 419 g/mol. The molecule has 0 saturated heterocycles. The van der Waals surface area contributed by atoms with Crippen molar-refractivity contribution < 1.29 is 24.3 Å². The number of hydrogen-bond donors (Lipinski definition) is 7. The summed E-state index contributed by atoms with van der Waals surface area (Å²) in [7, 11) is 0. The van der Waals surface area contributed by atoms with E-state index in [1.165, 1.54) is 0 Å². The molecule has 0 aromatic carbocycles. The van der Waals surface area contributed by atoms with Gasteiger partial charge < -0.3 is 32.5 Å². The van der Waals surface area contributed by atoms with Crippen LogP contribution in [-0.2, 0) is 19.2 Å². The van der Waals surface area contributed by atoms with Gasteiger partial charge in [-0.2, -0.15) is 12.6 Å². The van der Waals surface area contributed by atoms with Crippen molar-refractivity contribution in [2.75, 3.05) is 18.8 Å². The number of nitrogens with one attached hydrogen (secondary N) is 3. The van der Waals surface area contributed by atoms with Crippen LogP contribution in [0.4, 0.5) is 0 Å². The van der Waals surface area contributed by atoms with Gasteiger partial charge >= 0.3 is 5.97 Å². The third kappa shape index (κ3) is 9.90. The van der Waals surface area contributed by atoms with Gasteiger partial charge in [0.25, 0.3) is 0 Å². The first-order valence-corrected chi connectivity index (χ1v) is 9.97. The molecule has 28 heavy (non-hydrogen) atoms. The summed E-state index contributed by atoms with van der Waals surface area (Å²) < 4.78 is 0. The topological polar surface area (TPSA) is 177 Å². The fourth-order valence-electron chi connectivity index (χ4n) is 2.29. The Morgan fingerprint density at radius 1 is 1.04 bits per heavy atom. The number of nitrogens with two attached hydrogens (primary N) is 2. The van der Waals surface area contributed by atoms with E-state index in [1.54, 1.807) is 0 Å². The highest BCUT2D eigenvalue weighted by molar-refractivity contribution is 7.80. The predicted molar refractivity (Wildman–Crippen MR) is 109 cm³/mol. The molecule has 0 heterocycles. The first-order valence-electron chi connectivity index (χ1n) is 9.34. The van der Waals surface area contributed by atoms with Crippen LogP contribution in [0.2, 0.25) is 0 Å². The van der Waals surface area contributed by atoms with Crippen molar-refractivity contribution in [3.05, 3.63) is 0 Å². The highest BCUT2D eigenvalue weighted by atomic mass is 32.1. The number of rotatable bonds is 14. The first kappa shape index (κ1) is 26.1. The summed E-state index contributed by atoms with van der Waals surface area (Å²) in [5, 5.41) is 16.0. The summed E-state index contributed by atoms with van der Waals surface area (Å²) in [4.78, 5) is 47.6. The number of aliphatic carboxylic acids is 1. The number of carboxylic acids is 1. The average molecular weight is 420 g/mol. The van der Waals surface area contributed by atoms with E-state index in [0.717, 1.165) is 0 Å². The molecular formula is C17H33N5O5S. The SMILES string of the molecule is CCC(C)C(N)C(=O)NC(CS)C(=O)NC(CCCCN)C(=O)NCC(=O)O. The molecule has 0 saturated carbocycles. The molecule has 11 heteroatoms. The number of unbranched alkanes of at least 4 members (excludes halogenated alkanes) is 1. The molecule has 4 atom stereocenters. The van der Waals surface area contributed by atoms with Crippen LogP contribution in [0.25, 0.3) is 0 Å². The van der Waals surface area contributed by atoms with E-state index in [4.69, 9.17) is 16.6 Å². The lowest BCUT2D eigenvalue weighted by Crippen LogP contribution is -2.57. The zero-order valence-corrected chi connectivity index (χ0v) is 17.3. The Morgan fingerprint density at radius 3 is 2.14 bits per heavy atom. The van der Waals surface area contributed by atoms with Gasteiger partial charge in [-0.25, -0.2) is 0 Å². The highest BCUT2D eigenvalue weighted by Gasteiger charge is 2.28. The highest BCUT2D eigenvalue weighted by Crippen LogP contribution is 2.06. The second kappa shape index (κ2) is 14.2. The molecule has 0 rings (SSSR count).